The SMILES string of the molecule is Cc1ccc([C@H]2CNC[C@@H]2CF)cc1. The first-order valence-electron chi connectivity index (χ1n) is 5.14. The van der Waals surface area contributed by atoms with E-state index in [9.17, 15) is 4.39 Å². The predicted octanol–water partition coefficient (Wildman–Crippen LogP) is 2.27. The largest absolute Gasteiger partial charge is 0.316 e. The number of aryl methyl sites for hydroxylation is 1. The molecule has 0 saturated carbocycles. The summed E-state index contributed by atoms with van der Waals surface area (Å²) in [5.41, 5.74) is 2.53. The molecule has 2 atom stereocenters. The predicted molar refractivity (Wildman–Crippen MR) is 56.3 cm³/mol. The Balaban J connectivity index is 2.17. The molecule has 1 aromatic carbocycles. The topological polar surface area (TPSA) is 12.0 Å². The van der Waals surface area contributed by atoms with E-state index < -0.39 is 0 Å². The Morgan fingerprint density at radius 3 is 2.64 bits per heavy atom. The summed E-state index contributed by atoms with van der Waals surface area (Å²) in [6, 6.07) is 8.44. The van der Waals surface area contributed by atoms with Gasteiger partial charge in [-0.05, 0) is 12.5 Å². The highest BCUT2D eigenvalue weighted by Gasteiger charge is 2.27. The Kier molecular flexibility index (Phi) is 2.82. The van der Waals surface area contributed by atoms with Gasteiger partial charge in [-0.15, -0.1) is 0 Å². The van der Waals surface area contributed by atoms with Crippen molar-refractivity contribution < 1.29 is 4.39 Å². The highest BCUT2D eigenvalue weighted by Crippen LogP contribution is 2.28. The smallest absolute Gasteiger partial charge is 0.0941 e. The van der Waals surface area contributed by atoms with Gasteiger partial charge in [-0.25, -0.2) is 0 Å². The van der Waals surface area contributed by atoms with Gasteiger partial charge in [0, 0.05) is 24.9 Å². The molecular weight excluding hydrogens is 177 g/mol. The third-order valence-electron chi connectivity index (χ3n) is 3.04. The van der Waals surface area contributed by atoms with E-state index in [1.165, 1.54) is 11.1 Å². The molecule has 14 heavy (non-hydrogen) atoms. The molecular formula is C12H16FN. The van der Waals surface area contributed by atoms with Crippen molar-refractivity contribution in [1.29, 1.82) is 0 Å². The van der Waals surface area contributed by atoms with Gasteiger partial charge in [0.15, 0.2) is 0 Å². The van der Waals surface area contributed by atoms with Crippen molar-refractivity contribution in [2.45, 2.75) is 12.8 Å². The zero-order valence-electron chi connectivity index (χ0n) is 8.46. The first kappa shape index (κ1) is 9.66. The van der Waals surface area contributed by atoms with E-state index in [0.29, 0.717) is 5.92 Å². The molecule has 0 aromatic heterocycles. The Hall–Kier alpha value is -0.890. The standard InChI is InChI=1S/C12H16FN/c1-9-2-4-10(5-3-9)12-8-14-7-11(12)6-13/h2-5,11-12,14H,6-8H2,1H3/t11-,12+/m0/s1. The lowest BCUT2D eigenvalue weighted by molar-refractivity contribution is 0.358. The van der Waals surface area contributed by atoms with Crippen LogP contribution in [0.15, 0.2) is 24.3 Å². The normalized spacial score (nSPS) is 26.7. The van der Waals surface area contributed by atoms with Crippen LogP contribution in [-0.4, -0.2) is 19.8 Å². The lowest BCUT2D eigenvalue weighted by Crippen LogP contribution is -2.12. The molecule has 0 amide bonds. The molecule has 1 aliphatic rings. The van der Waals surface area contributed by atoms with Crippen LogP contribution in [0.5, 0.6) is 0 Å². The number of hydrogen-bond donors (Lipinski definition) is 1. The average Bonchev–Trinajstić information content (AvgIpc) is 2.67. The minimum atomic E-state index is -0.217. The fourth-order valence-corrected chi connectivity index (χ4v) is 2.10. The number of benzene rings is 1. The van der Waals surface area contributed by atoms with Crippen LogP contribution in [0.3, 0.4) is 0 Å². The monoisotopic (exact) mass is 193 g/mol. The van der Waals surface area contributed by atoms with Crippen molar-refractivity contribution in [3.05, 3.63) is 35.4 Å². The highest BCUT2D eigenvalue weighted by atomic mass is 19.1. The number of nitrogens with one attached hydrogen (secondary N) is 1. The molecule has 2 rings (SSSR count). The molecule has 0 aliphatic carbocycles. The Morgan fingerprint density at radius 1 is 1.29 bits per heavy atom. The number of alkyl halides is 1. The van der Waals surface area contributed by atoms with Gasteiger partial charge in [-0.2, -0.15) is 0 Å². The fraction of sp³-hybridized carbons (Fsp3) is 0.500. The maximum absolute atomic E-state index is 12.7. The molecule has 1 aromatic rings. The Labute approximate surface area is 84.3 Å². The Morgan fingerprint density at radius 2 is 2.00 bits per heavy atom. The molecule has 76 valence electrons. The summed E-state index contributed by atoms with van der Waals surface area (Å²) in [7, 11) is 0. The second kappa shape index (κ2) is 4.09. The molecule has 1 heterocycles. The van der Waals surface area contributed by atoms with Crippen LogP contribution in [0.25, 0.3) is 0 Å². The highest BCUT2D eigenvalue weighted by molar-refractivity contribution is 5.26. The summed E-state index contributed by atoms with van der Waals surface area (Å²) in [5.74, 6) is 0.526. The minimum absolute atomic E-state index is 0.165. The molecule has 0 spiro atoms. The van der Waals surface area contributed by atoms with Crippen LogP contribution in [0.4, 0.5) is 4.39 Å². The van der Waals surface area contributed by atoms with Crippen molar-refractivity contribution in [2.75, 3.05) is 19.8 Å². The van der Waals surface area contributed by atoms with Gasteiger partial charge >= 0.3 is 0 Å². The van der Waals surface area contributed by atoms with E-state index in [4.69, 9.17) is 0 Å². The van der Waals surface area contributed by atoms with Gasteiger partial charge in [0.1, 0.15) is 0 Å². The van der Waals surface area contributed by atoms with Crippen LogP contribution >= 0.6 is 0 Å². The van der Waals surface area contributed by atoms with Crippen molar-refractivity contribution >= 4 is 0 Å². The number of rotatable bonds is 2. The van der Waals surface area contributed by atoms with Crippen molar-refractivity contribution in [1.82, 2.24) is 5.32 Å². The van der Waals surface area contributed by atoms with E-state index in [2.05, 4.69) is 36.5 Å². The van der Waals surface area contributed by atoms with Gasteiger partial charge in [-0.3, -0.25) is 4.39 Å². The summed E-state index contributed by atoms with van der Waals surface area (Å²) in [5, 5.41) is 3.25. The van der Waals surface area contributed by atoms with Crippen LogP contribution in [0.1, 0.15) is 17.0 Å². The summed E-state index contributed by atoms with van der Waals surface area (Å²) in [4.78, 5) is 0. The molecule has 0 bridgehead atoms. The molecule has 1 saturated heterocycles. The summed E-state index contributed by atoms with van der Waals surface area (Å²) >= 11 is 0. The average molecular weight is 193 g/mol. The van der Waals surface area contributed by atoms with Crippen molar-refractivity contribution in [3.8, 4) is 0 Å². The van der Waals surface area contributed by atoms with Crippen LogP contribution < -0.4 is 5.32 Å². The minimum Gasteiger partial charge on any atom is -0.316 e. The summed E-state index contributed by atoms with van der Waals surface area (Å²) < 4.78 is 12.7. The van der Waals surface area contributed by atoms with E-state index in [-0.39, 0.29) is 12.6 Å². The van der Waals surface area contributed by atoms with Gasteiger partial charge in [0.2, 0.25) is 0 Å². The second-order valence-electron chi connectivity index (χ2n) is 4.09. The van der Waals surface area contributed by atoms with Gasteiger partial charge < -0.3 is 5.32 Å². The fourth-order valence-electron chi connectivity index (χ4n) is 2.10. The molecule has 0 unspecified atom stereocenters. The van der Waals surface area contributed by atoms with Gasteiger partial charge in [0.25, 0.3) is 0 Å². The van der Waals surface area contributed by atoms with Gasteiger partial charge in [0.05, 0.1) is 6.67 Å². The summed E-state index contributed by atoms with van der Waals surface area (Å²) in [6.45, 7) is 3.58. The van der Waals surface area contributed by atoms with Crippen LogP contribution in [0, 0.1) is 12.8 Å². The van der Waals surface area contributed by atoms with Crippen LogP contribution in [0.2, 0.25) is 0 Å². The zero-order valence-corrected chi connectivity index (χ0v) is 8.46. The number of halogens is 1. The lowest BCUT2D eigenvalue weighted by atomic mass is 9.89. The molecule has 1 N–H and O–H groups in total. The first-order valence-corrected chi connectivity index (χ1v) is 5.14. The summed E-state index contributed by atoms with van der Waals surface area (Å²) in [6.07, 6.45) is 0. The molecule has 1 aliphatic heterocycles. The maximum Gasteiger partial charge on any atom is 0.0941 e. The molecule has 1 nitrogen and oxygen atoms in total. The zero-order chi connectivity index (χ0) is 9.97. The third-order valence-corrected chi connectivity index (χ3v) is 3.04. The first-order chi connectivity index (χ1) is 6.81. The van der Waals surface area contributed by atoms with Crippen molar-refractivity contribution in [3.63, 3.8) is 0 Å². The van der Waals surface area contributed by atoms with E-state index in [0.717, 1.165) is 13.1 Å². The maximum atomic E-state index is 12.7. The Bertz CT molecular complexity index is 294. The lowest BCUT2D eigenvalue weighted by Gasteiger charge is -2.15. The second-order valence-corrected chi connectivity index (χ2v) is 4.09. The van der Waals surface area contributed by atoms with E-state index in [1.807, 2.05) is 0 Å². The third kappa shape index (κ3) is 1.80. The molecule has 0 radical (unpaired) electrons. The van der Waals surface area contributed by atoms with E-state index in [1.54, 1.807) is 0 Å². The number of hydrogen-bond acceptors (Lipinski definition) is 1. The molecule has 1 fully saturated rings. The van der Waals surface area contributed by atoms with E-state index >= 15 is 0 Å². The van der Waals surface area contributed by atoms with Crippen LogP contribution in [-0.2, 0) is 0 Å². The molecule has 2 heteroatoms. The van der Waals surface area contributed by atoms with Gasteiger partial charge in [-0.1, -0.05) is 29.8 Å². The van der Waals surface area contributed by atoms with Crippen molar-refractivity contribution in [2.24, 2.45) is 5.92 Å². The quantitative estimate of drug-likeness (QED) is 0.759.